The predicted octanol–water partition coefficient (Wildman–Crippen LogP) is 3.43. The second kappa shape index (κ2) is 9.60. The van der Waals surface area contributed by atoms with E-state index in [2.05, 4.69) is 15.4 Å². The Kier molecular flexibility index (Phi) is 6.04. The average molecular weight is 466 g/mol. The van der Waals surface area contributed by atoms with E-state index in [9.17, 15) is 4.79 Å². The van der Waals surface area contributed by atoms with Crippen LogP contribution >= 0.6 is 0 Å². The summed E-state index contributed by atoms with van der Waals surface area (Å²) in [6, 6.07) is 20.7. The van der Waals surface area contributed by atoms with Gasteiger partial charge >= 0.3 is 0 Å². The SMILES string of the molecule is COc1ccc(CCNC(=O)c2c(N)n(N=Cc3ccccn3)c3nc4ccccc4nc23)cc1. The van der Waals surface area contributed by atoms with Gasteiger partial charge in [0.15, 0.2) is 5.65 Å². The molecule has 9 heteroatoms. The molecule has 3 aromatic heterocycles. The molecule has 0 unspecified atom stereocenters. The summed E-state index contributed by atoms with van der Waals surface area (Å²) in [5, 5.41) is 7.42. The quantitative estimate of drug-likeness (QED) is 0.355. The van der Waals surface area contributed by atoms with Crippen molar-refractivity contribution in [1.29, 1.82) is 0 Å². The Morgan fingerprint density at radius 1 is 1.06 bits per heavy atom. The maximum atomic E-state index is 13.2. The van der Waals surface area contributed by atoms with Crippen LogP contribution in [0.1, 0.15) is 21.6 Å². The number of nitrogens with two attached hydrogens (primary N) is 1. The van der Waals surface area contributed by atoms with Crippen LogP contribution in [0.25, 0.3) is 22.2 Å². The highest BCUT2D eigenvalue weighted by atomic mass is 16.5. The van der Waals surface area contributed by atoms with Gasteiger partial charge in [0.2, 0.25) is 0 Å². The summed E-state index contributed by atoms with van der Waals surface area (Å²) in [6.07, 6.45) is 3.90. The predicted molar refractivity (Wildman–Crippen MR) is 136 cm³/mol. The first-order valence-electron chi connectivity index (χ1n) is 11.1. The van der Waals surface area contributed by atoms with Crippen molar-refractivity contribution in [2.24, 2.45) is 5.10 Å². The number of nitrogens with zero attached hydrogens (tertiary/aromatic N) is 5. The third kappa shape index (κ3) is 4.51. The number of hydrogen-bond acceptors (Lipinski definition) is 7. The Bertz CT molecular complexity index is 1530. The molecule has 0 bridgehead atoms. The van der Waals surface area contributed by atoms with Crippen LogP contribution in [0.5, 0.6) is 5.75 Å². The Hall–Kier alpha value is -4.79. The Balaban J connectivity index is 1.48. The van der Waals surface area contributed by atoms with E-state index in [4.69, 9.17) is 20.4 Å². The number of nitrogen functional groups attached to an aromatic ring is 1. The minimum absolute atomic E-state index is 0.157. The molecule has 174 valence electrons. The Morgan fingerprint density at radius 2 is 1.80 bits per heavy atom. The van der Waals surface area contributed by atoms with E-state index in [1.54, 1.807) is 19.5 Å². The molecule has 0 aliphatic carbocycles. The second-order valence-electron chi connectivity index (χ2n) is 7.81. The molecule has 3 heterocycles. The number of pyridine rings is 1. The van der Waals surface area contributed by atoms with Crippen molar-refractivity contribution in [1.82, 2.24) is 24.9 Å². The minimum atomic E-state index is -0.336. The number of carbonyl (C=O) groups is 1. The third-order valence-corrected chi connectivity index (χ3v) is 5.55. The molecule has 0 aliphatic heterocycles. The van der Waals surface area contributed by atoms with Gasteiger partial charge < -0.3 is 15.8 Å². The maximum absolute atomic E-state index is 13.2. The van der Waals surface area contributed by atoms with Crippen LogP contribution in [0.3, 0.4) is 0 Å². The highest BCUT2D eigenvalue weighted by Crippen LogP contribution is 2.27. The molecule has 0 aliphatic rings. The molecule has 0 spiro atoms. The van der Waals surface area contributed by atoms with Crippen LogP contribution in [-0.4, -0.2) is 45.4 Å². The first kappa shape index (κ1) is 22.0. The lowest BCUT2D eigenvalue weighted by molar-refractivity contribution is 0.0956. The average Bonchev–Trinajstić information content (AvgIpc) is 3.17. The van der Waals surface area contributed by atoms with Crippen LogP contribution in [0.2, 0.25) is 0 Å². The van der Waals surface area contributed by atoms with Gasteiger partial charge in [-0.2, -0.15) is 9.78 Å². The lowest BCUT2D eigenvalue weighted by Gasteiger charge is -2.06. The topological polar surface area (TPSA) is 120 Å². The number of fused-ring (bicyclic) bond motifs is 2. The fourth-order valence-electron chi connectivity index (χ4n) is 3.76. The summed E-state index contributed by atoms with van der Waals surface area (Å²) in [4.78, 5) is 26.9. The van der Waals surface area contributed by atoms with Crippen molar-refractivity contribution in [3.05, 3.63) is 89.7 Å². The number of carbonyl (C=O) groups excluding carboxylic acids is 1. The minimum Gasteiger partial charge on any atom is -0.497 e. The molecular formula is C26H23N7O2. The molecule has 5 aromatic rings. The molecule has 0 saturated carbocycles. The molecule has 5 rings (SSSR count). The number of benzene rings is 2. The summed E-state index contributed by atoms with van der Waals surface area (Å²) >= 11 is 0. The summed E-state index contributed by atoms with van der Waals surface area (Å²) in [5.41, 5.74) is 10.5. The number of ether oxygens (including phenoxy) is 1. The Labute approximate surface area is 201 Å². The highest BCUT2D eigenvalue weighted by Gasteiger charge is 2.24. The van der Waals surface area contributed by atoms with Crippen molar-refractivity contribution in [2.75, 3.05) is 19.4 Å². The fraction of sp³-hybridized carbons (Fsp3) is 0.115. The zero-order chi connectivity index (χ0) is 24.2. The lowest BCUT2D eigenvalue weighted by atomic mass is 10.1. The number of hydrogen-bond donors (Lipinski definition) is 2. The zero-order valence-electron chi connectivity index (χ0n) is 19.0. The molecule has 1 amide bonds. The molecule has 0 radical (unpaired) electrons. The maximum Gasteiger partial charge on any atom is 0.257 e. The number of para-hydroxylation sites is 2. The van der Waals surface area contributed by atoms with Gasteiger partial charge in [-0.05, 0) is 48.4 Å². The van der Waals surface area contributed by atoms with Crippen LogP contribution in [0, 0.1) is 0 Å². The highest BCUT2D eigenvalue weighted by molar-refractivity contribution is 6.10. The monoisotopic (exact) mass is 465 g/mol. The number of amides is 1. The van der Waals surface area contributed by atoms with Gasteiger partial charge in [0, 0.05) is 12.7 Å². The van der Waals surface area contributed by atoms with Gasteiger partial charge in [-0.25, -0.2) is 9.97 Å². The number of rotatable bonds is 7. The van der Waals surface area contributed by atoms with Crippen LogP contribution in [0.4, 0.5) is 5.82 Å². The Morgan fingerprint density at radius 3 is 2.51 bits per heavy atom. The molecule has 0 atom stereocenters. The molecule has 2 aromatic carbocycles. The van der Waals surface area contributed by atoms with Crippen molar-refractivity contribution >= 4 is 40.1 Å². The van der Waals surface area contributed by atoms with Gasteiger partial charge in [-0.3, -0.25) is 9.78 Å². The van der Waals surface area contributed by atoms with E-state index in [1.165, 1.54) is 4.68 Å². The second-order valence-corrected chi connectivity index (χ2v) is 7.81. The first-order valence-corrected chi connectivity index (χ1v) is 11.1. The summed E-state index contributed by atoms with van der Waals surface area (Å²) in [5.74, 6) is 0.609. The van der Waals surface area contributed by atoms with E-state index < -0.39 is 0 Å². The smallest absolute Gasteiger partial charge is 0.257 e. The fourth-order valence-corrected chi connectivity index (χ4v) is 3.76. The molecule has 0 saturated heterocycles. The largest absolute Gasteiger partial charge is 0.497 e. The molecule has 35 heavy (non-hydrogen) atoms. The summed E-state index contributed by atoms with van der Waals surface area (Å²) < 4.78 is 6.62. The van der Waals surface area contributed by atoms with Crippen molar-refractivity contribution in [3.8, 4) is 5.75 Å². The number of anilines is 1. The van der Waals surface area contributed by atoms with Gasteiger partial charge in [0.05, 0.1) is 30.1 Å². The molecule has 9 nitrogen and oxygen atoms in total. The molecule has 3 N–H and O–H groups in total. The summed E-state index contributed by atoms with van der Waals surface area (Å²) in [7, 11) is 1.63. The van der Waals surface area contributed by atoms with Gasteiger partial charge in [0.1, 0.15) is 22.6 Å². The van der Waals surface area contributed by atoms with E-state index in [1.807, 2.05) is 66.7 Å². The summed E-state index contributed by atoms with van der Waals surface area (Å²) in [6.45, 7) is 0.426. The van der Waals surface area contributed by atoms with Crippen molar-refractivity contribution in [2.45, 2.75) is 6.42 Å². The number of methoxy groups -OCH3 is 1. The van der Waals surface area contributed by atoms with E-state index >= 15 is 0 Å². The first-order chi connectivity index (χ1) is 17.1. The standard InChI is InChI=1S/C26H23N7O2/c1-35-19-11-9-17(10-12-19)13-15-29-26(34)22-23-25(32-21-8-3-2-7-20(21)31-23)33(24(22)27)30-16-18-6-4-5-14-28-18/h2-12,14,16H,13,15,27H2,1H3,(H,29,34). The van der Waals surface area contributed by atoms with E-state index in [0.29, 0.717) is 40.9 Å². The zero-order valence-corrected chi connectivity index (χ0v) is 19.0. The number of nitrogens with one attached hydrogen (secondary N) is 1. The van der Waals surface area contributed by atoms with Crippen LogP contribution in [0.15, 0.2) is 78.0 Å². The van der Waals surface area contributed by atoms with Gasteiger partial charge in [-0.1, -0.05) is 30.3 Å². The molecule has 0 fully saturated rings. The van der Waals surface area contributed by atoms with E-state index in [-0.39, 0.29) is 17.3 Å². The lowest BCUT2D eigenvalue weighted by Crippen LogP contribution is -2.26. The van der Waals surface area contributed by atoms with Crippen LogP contribution in [-0.2, 0) is 6.42 Å². The normalized spacial score (nSPS) is 11.3. The van der Waals surface area contributed by atoms with Crippen molar-refractivity contribution < 1.29 is 9.53 Å². The van der Waals surface area contributed by atoms with Gasteiger partial charge in [0.25, 0.3) is 5.91 Å². The van der Waals surface area contributed by atoms with Crippen LogP contribution < -0.4 is 15.8 Å². The third-order valence-electron chi connectivity index (χ3n) is 5.55. The van der Waals surface area contributed by atoms with E-state index in [0.717, 1.165) is 11.3 Å². The van der Waals surface area contributed by atoms with Crippen molar-refractivity contribution in [3.63, 3.8) is 0 Å². The number of aromatic nitrogens is 4. The van der Waals surface area contributed by atoms with Gasteiger partial charge in [-0.15, -0.1) is 0 Å². The molecular weight excluding hydrogens is 442 g/mol.